The lowest BCUT2D eigenvalue weighted by Gasteiger charge is -2.11. The number of nitrogens with zero attached hydrogens (tertiary/aromatic N) is 5. The third kappa shape index (κ3) is 2.89. The second-order valence-corrected chi connectivity index (χ2v) is 6.66. The van der Waals surface area contributed by atoms with Crippen molar-refractivity contribution in [2.75, 3.05) is 19.0 Å². The molecule has 1 aromatic carbocycles. The molecule has 2 N–H and O–H groups in total. The molecule has 0 aliphatic heterocycles. The van der Waals surface area contributed by atoms with E-state index in [0.29, 0.717) is 10.6 Å². The SMILES string of the molecule is CN(C)c1ccc(C=Nn2c(-c3n[nH]c4c3CCC4)n[nH]c2=S)cc1. The summed E-state index contributed by atoms with van der Waals surface area (Å²) in [7, 11) is 4.03. The maximum absolute atomic E-state index is 5.33. The second kappa shape index (κ2) is 6.29. The van der Waals surface area contributed by atoms with Gasteiger partial charge in [-0.1, -0.05) is 12.1 Å². The minimum atomic E-state index is 0.450. The largest absolute Gasteiger partial charge is 0.378 e. The fraction of sp³-hybridized carbons (Fsp3) is 0.294. The molecule has 25 heavy (non-hydrogen) atoms. The highest BCUT2D eigenvalue weighted by Crippen LogP contribution is 2.29. The Morgan fingerprint density at radius 2 is 1.96 bits per heavy atom. The molecule has 2 aromatic heterocycles. The maximum Gasteiger partial charge on any atom is 0.216 e. The van der Waals surface area contributed by atoms with Crippen LogP contribution in [0.5, 0.6) is 0 Å². The van der Waals surface area contributed by atoms with Crippen molar-refractivity contribution in [2.24, 2.45) is 5.10 Å². The van der Waals surface area contributed by atoms with Gasteiger partial charge in [0.25, 0.3) is 0 Å². The van der Waals surface area contributed by atoms with Gasteiger partial charge in [0.05, 0.1) is 6.21 Å². The molecule has 0 fully saturated rings. The van der Waals surface area contributed by atoms with Crippen LogP contribution < -0.4 is 4.90 Å². The molecule has 0 spiro atoms. The molecule has 0 radical (unpaired) electrons. The first-order valence-corrected chi connectivity index (χ1v) is 8.60. The lowest BCUT2D eigenvalue weighted by molar-refractivity contribution is 0.844. The van der Waals surface area contributed by atoms with Crippen LogP contribution in [0.15, 0.2) is 29.4 Å². The Balaban J connectivity index is 1.67. The highest BCUT2D eigenvalue weighted by Gasteiger charge is 2.23. The summed E-state index contributed by atoms with van der Waals surface area (Å²) < 4.78 is 2.08. The number of aromatic nitrogens is 5. The third-order valence-corrected chi connectivity index (χ3v) is 4.66. The van der Waals surface area contributed by atoms with E-state index in [1.54, 1.807) is 10.9 Å². The minimum absolute atomic E-state index is 0.450. The smallest absolute Gasteiger partial charge is 0.216 e. The van der Waals surface area contributed by atoms with Crippen LogP contribution in [0.4, 0.5) is 5.69 Å². The van der Waals surface area contributed by atoms with Gasteiger partial charge < -0.3 is 4.90 Å². The predicted molar refractivity (Wildman–Crippen MR) is 101 cm³/mol. The average Bonchev–Trinajstić information content (AvgIpc) is 3.29. The lowest BCUT2D eigenvalue weighted by atomic mass is 10.2. The van der Waals surface area contributed by atoms with Crippen LogP contribution in [0.1, 0.15) is 23.2 Å². The van der Waals surface area contributed by atoms with Crippen molar-refractivity contribution in [1.82, 2.24) is 25.1 Å². The molecule has 1 aliphatic carbocycles. The van der Waals surface area contributed by atoms with Crippen molar-refractivity contribution < 1.29 is 0 Å². The summed E-state index contributed by atoms with van der Waals surface area (Å²) >= 11 is 5.33. The maximum atomic E-state index is 5.33. The number of aryl methyl sites for hydroxylation is 1. The summed E-state index contributed by atoms with van der Waals surface area (Å²) in [4.78, 5) is 2.06. The average molecular weight is 353 g/mol. The molecule has 0 amide bonds. The van der Waals surface area contributed by atoms with E-state index in [1.807, 2.05) is 26.2 Å². The van der Waals surface area contributed by atoms with Crippen LogP contribution in [0.2, 0.25) is 0 Å². The van der Waals surface area contributed by atoms with Gasteiger partial charge in [-0.05, 0) is 49.2 Å². The van der Waals surface area contributed by atoms with E-state index in [1.165, 1.54) is 11.3 Å². The van der Waals surface area contributed by atoms with Crippen LogP contribution in [0, 0.1) is 4.77 Å². The van der Waals surface area contributed by atoms with E-state index >= 15 is 0 Å². The van der Waals surface area contributed by atoms with E-state index in [9.17, 15) is 0 Å². The summed E-state index contributed by atoms with van der Waals surface area (Å²) in [5.74, 6) is 0.644. The Hall–Kier alpha value is -2.74. The van der Waals surface area contributed by atoms with Crippen molar-refractivity contribution in [3.8, 4) is 11.5 Å². The first-order chi connectivity index (χ1) is 12.1. The third-order valence-electron chi connectivity index (χ3n) is 4.40. The van der Waals surface area contributed by atoms with Crippen LogP contribution in [-0.2, 0) is 12.8 Å². The minimum Gasteiger partial charge on any atom is -0.378 e. The number of hydrogen-bond acceptors (Lipinski definition) is 5. The van der Waals surface area contributed by atoms with Crippen LogP contribution in [-0.4, -0.2) is 45.4 Å². The first-order valence-electron chi connectivity index (χ1n) is 8.19. The lowest BCUT2D eigenvalue weighted by Crippen LogP contribution is -2.08. The van der Waals surface area contributed by atoms with Crippen molar-refractivity contribution in [2.45, 2.75) is 19.3 Å². The number of anilines is 1. The van der Waals surface area contributed by atoms with Gasteiger partial charge in [-0.25, -0.2) is 5.10 Å². The molecular weight excluding hydrogens is 334 g/mol. The topological polar surface area (TPSA) is 77.9 Å². The Kier molecular flexibility index (Phi) is 3.96. The normalized spacial score (nSPS) is 13.5. The molecule has 4 rings (SSSR count). The molecule has 0 atom stereocenters. The second-order valence-electron chi connectivity index (χ2n) is 6.28. The van der Waals surface area contributed by atoms with Crippen LogP contribution >= 0.6 is 12.2 Å². The van der Waals surface area contributed by atoms with Gasteiger partial charge in [0.1, 0.15) is 5.69 Å². The molecule has 0 bridgehead atoms. The van der Waals surface area contributed by atoms with Gasteiger partial charge in [0, 0.05) is 31.0 Å². The van der Waals surface area contributed by atoms with Crippen LogP contribution in [0.3, 0.4) is 0 Å². The van der Waals surface area contributed by atoms with Crippen molar-refractivity contribution >= 4 is 24.1 Å². The summed E-state index contributed by atoms with van der Waals surface area (Å²) in [6.45, 7) is 0. The highest BCUT2D eigenvalue weighted by molar-refractivity contribution is 7.71. The predicted octanol–water partition coefficient (Wildman–Crippen LogP) is 2.77. The molecule has 128 valence electrons. The molecule has 0 unspecified atom stereocenters. The number of rotatable bonds is 4. The zero-order valence-corrected chi connectivity index (χ0v) is 15.0. The van der Waals surface area contributed by atoms with E-state index < -0.39 is 0 Å². The van der Waals surface area contributed by atoms with E-state index in [0.717, 1.165) is 36.2 Å². The van der Waals surface area contributed by atoms with Crippen molar-refractivity contribution in [1.29, 1.82) is 0 Å². The van der Waals surface area contributed by atoms with Gasteiger partial charge in [0.2, 0.25) is 10.6 Å². The standard InChI is InChI=1S/C17H19N7S/c1-23(2)12-8-6-11(7-9-12)10-18-24-16(21-22-17(24)25)15-13-4-3-5-14(13)19-20-15/h6-10H,3-5H2,1-2H3,(H,19,20)(H,22,25). The zero-order valence-electron chi connectivity index (χ0n) is 14.2. The molecule has 0 saturated heterocycles. The van der Waals surface area contributed by atoms with Gasteiger partial charge >= 0.3 is 0 Å². The molecule has 2 heterocycles. The van der Waals surface area contributed by atoms with Gasteiger partial charge in [-0.2, -0.15) is 20.0 Å². The first kappa shape index (κ1) is 15.8. The fourth-order valence-electron chi connectivity index (χ4n) is 3.04. The van der Waals surface area contributed by atoms with E-state index in [2.05, 4.69) is 42.5 Å². The van der Waals surface area contributed by atoms with Crippen molar-refractivity contribution in [3.63, 3.8) is 0 Å². The molecule has 3 aromatic rings. The monoisotopic (exact) mass is 353 g/mol. The Bertz CT molecular complexity index is 975. The molecular formula is C17H19N7S. The molecule has 8 heteroatoms. The number of hydrogen-bond donors (Lipinski definition) is 2. The Morgan fingerprint density at radius 3 is 2.72 bits per heavy atom. The fourth-order valence-corrected chi connectivity index (χ4v) is 3.22. The van der Waals surface area contributed by atoms with Gasteiger partial charge in [-0.15, -0.1) is 0 Å². The van der Waals surface area contributed by atoms with E-state index in [4.69, 9.17) is 12.2 Å². The summed E-state index contributed by atoms with van der Waals surface area (Å²) in [6.07, 6.45) is 4.97. The molecule has 0 saturated carbocycles. The van der Waals surface area contributed by atoms with E-state index in [-0.39, 0.29) is 0 Å². The molecule has 1 aliphatic rings. The van der Waals surface area contributed by atoms with Crippen LogP contribution in [0.25, 0.3) is 11.5 Å². The number of aromatic amines is 2. The summed E-state index contributed by atoms with van der Waals surface area (Å²) in [5, 5.41) is 19.2. The highest BCUT2D eigenvalue weighted by atomic mass is 32.1. The zero-order chi connectivity index (χ0) is 17.4. The quantitative estimate of drug-likeness (QED) is 0.558. The number of nitrogens with one attached hydrogen (secondary N) is 2. The Labute approximate surface area is 150 Å². The van der Waals surface area contributed by atoms with Gasteiger partial charge in [0.15, 0.2) is 0 Å². The summed E-state index contributed by atoms with van der Waals surface area (Å²) in [5.41, 5.74) is 5.39. The Morgan fingerprint density at radius 1 is 1.16 bits per heavy atom. The summed E-state index contributed by atoms with van der Waals surface area (Å²) in [6, 6.07) is 8.15. The number of fused-ring (bicyclic) bond motifs is 1. The number of H-pyrrole nitrogens is 2. The number of benzene rings is 1. The molecule has 7 nitrogen and oxygen atoms in total. The van der Waals surface area contributed by atoms with Gasteiger partial charge in [-0.3, -0.25) is 5.10 Å². The van der Waals surface area contributed by atoms with Crippen molar-refractivity contribution in [3.05, 3.63) is 45.9 Å².